The molecule has 0 unspecified atom stereocenters. The molecule has 0 saturated carbocycles. The normalized spacial score (nSPS) is 14.2. The van der Waals surface area contributed by atoms with E-state index in [1.807, 2.05) is 12.1 Å². The molecule has 0 bridgehead atoms. The minimum atomic E-state index is 0.834. The fourth-order valence-corrected chi connectivity index (χ4v) is 2.89. The molecule has 1 aliphatic heterocycles. The van der Waals surface area contributed by atoms with Crippen LogP contribution < -0.4 is 5.32 Å². The molecule has 0 fully saturated rings. The lowest BCUT2D eigenvalue weighted by Crippen LogP contribution is -2.26. The predicted molar refractivity (Wildman–Crippen MR) is 80.0 cm³/mol. The maximum atomic E-state index is 4.76. The molecule has 0 atom stereocenters. The SMILES string of the molecule is CCc1nc(-c2cccc(Br)c2)nc2c1CCNC2. The molecule has 0 saturated heterocycles. The van der Waals surface area contributed by atoms with E-state index >= 15 is 0 Å². The molecule has 3 rings (SSSR count). The number of nitrogens with zero attached hydrogens (tertiary/aromatic N) is 2. The highest BCUT2D eigenvalue weighted by molar-refractivity contribution is 9.10. The van der Waals surface area contributed by atoms with E-state index in [0.717, 1.165) is 47.5 Å². The number of rotatable bonds is 2. The van der Waals surface area contributed by atoms with Crippen molar-refractivity contribution in [2.45, 2.75) is 26.3 Å². The fourth-order valence-electron chi connectivity index (χ4n) is 2.49. The topological polar surface area (TPSA) is 37.8 Å². The van der Waals surface area contributed by atoms with Crippen molar-refractivity contribution in [1.82, 2.24) is 15.3 Å². The largest absolute Gasteiger partial charge is 0.311 e. The lowest BCUT2D eigenvalue weighted by atomic mass is 10.0. The van der Waals surface area contributed by atoms with Crippen molar-refractivity contribution in [3.8, 4) is 11.4 Å². The van der Waals surface area contributed by atoms with Crippen LogP contribution in [0.5, 0.6) is 0 Å². The van der Waals surface area contributed by atoms with Crippen LogP contribution in [0, 0.1) is 0 Å². The van der Waals surface area contributed by atoms with Crippen LogP contribution >= 0.6 is 15.9 Å². The predicted octanol–water partition coefficient (Wildman–Crippen LogP) is 3.11. The Morgan fingerprint density at radius 3 is 3.00 bits per heavy atom. The number of benzene rings is 1. The lowest BCUT2D eigenvalue weighted by Gasteiger charge is -2.19. The van der Waals surface area contributed by atoms with E-state index in [-0.39, 0.29) is 0 Å². The molecule has 2 heterocycles. The number of fused-ring (bicyclic) bond motifs is 1. The summed E-state index contributed by atoms with van der Waals surface area (Å²) in [4.78, 5) is 9.49. The summed E-state index contributed by atoms with van der Waals surface area (Å²) in [6.45, 7) is 4.04. The third kappa shape index (κ3) is 2.55. The molecule has 0 spiro atoms. The van der Waals surface area contributed by atoms with Gasteiger partial charge in [-0.2, -0.15) is 0 Å². The molecule has 1 N–H and O–H groups in total. The molecule has 0 aliphatic carbocycles. The second-order valence-electron chi connectivity index (χ2n) is 4.71. The maximum Gasteiger partial charge on any atom is 0.159 e. The highest BCUT2D eigenvalue weighted by Crippen LogP contribution is 2.24. The first-order chi connectivity index (χ1) is 9.28. The average molecular weight is 318 g/mol. The summed E-state index contributed by atoms with van der Waals surface area (Å²) >= 11 is 3.50. The number of aryl methyl sites for hydroxylation is 1. The Hall–Kier alpha value is -1.26. The Balaban J connectivity index is 2.12. The molecule has 1 aromatic heterocycles. The van der Waals surface area contributed by atoms with Gasteiger partial charge in [-0.05, 0) is 37.1 Å². The minimum absolute atomic E-state index is 0.834. The van der Waals surface area contributed by atoms with Crippen LogP contribution in [0.15, 0.2) is 28.7 Å². The van der Waals surface area contributed by atoms with Gasteiger partial charge in [0.15, 0.2) is 5.82 Å². The molecule has 4 heteroatoms. The van der Waals surface area contributed by atoms with E-state index in [0.29, 0.717) is 0 Å². The van der Waals surface area contributed by atoms with Crippen LogP contribution in [0.3, 0.4) is 0 Å². The van der Waals surface area contributed by atoms with Gasteiger partial charge in [0, 0.05) is 22.3 Å². The summed E-state index contributed by atoms with van der Waals surface area (Å²) in [6, 6.07) is 8.16. The smallest absolute Gasteiger partial charge is 0.159 e. The van der Waals surface area contributed by atoms with Crippen LogP contribution in [-0.4, -0.2) is 16.5 Å². The maximum absolute atomic E-state index is 4.76. The Bertz CT molecular complexity index is 593. The molecular formula is C15H16BrN3. The van der Waals surface area contributed by atoms with Gasteiger partial charge in [-0.3, -0.25) is 0 Å². The lowest BCUT2D eigenvalue weighted by molar-refractivity contribution is 0.617. The van der Waals surface area contributed by atoms with Gasteiger partial charge in [0.05, 0.1) is 5.69 Å². The van der Waals surface area contributed by atoms with Crippen molar-refractivity contribution in [1.29, 1.82) is 0 Å². The standard InChI is InChI=1S/C15H16BrN3/c1-2-13-12-6-7-17-9-14(12)19-15(18-13)10-4-3-5-11(16)8-10/h3-5,8,17H,2,6-7,9H2,1H3. The summed E-state index contributed by atoms with van der Waals surface area (Å²) in [5.74, 6) is 0.834. The van der Waals surface area contributed by atoms with Gasteiger partial charge in [-0.15, -0.1) is 0 Å². The summed E-state index contributed by atoms with van der Waals surface area (Å²) in [5, 5.41) is 3.38. The zero-order valence-corrected chi connectivity index (χ0v) is 12.5. The van der Waals surface area contributed by atoms with Crippen molar-refractivity contribution >= 4 is 15.9 Å². The monoisotopic (exact) mass is 317 g/mol. The van der Waals surface area contributed by atoms with E-state index in [9.17, 15) is 0 Å². The number of hydrogen-bond donors (Lipinski definition) is 1. The van der Waals surface area contributed by atoms with Crippen molar-refractivity contribution in [3.63, 3.8) is 0 Å². The van der Waals surface area contributed by atoms with Crippen molar-refractivity contribution in [3.05, 3.63) is 45.7 Å². The van der Waals surface area contributed by atoms with Crippen LogP contribution in [-0.2, 0) is 19.4 Å². The van der Waals surface area contributed by atoms with Crippen molar-refractivity contribution in [2.24, 2.45) is 0 Å². The molecule has 98 valence electrons. The summed E-state index contributed by atoms with van der Waals surface area (Å²) < 4.78 is 1.06. The zero-order valence-electron chi connectivity index (χ0n) is 10.9. The Labute approximate surface area is 121 Å². The minimum Gasteiger partial charge on any atom is -0.311 e. The quantitative estimate of drug-likeness (QED) is 0.924. The Kier molecular flexibility index (Phi) is 3.62. The molecule has 0 radical (unpaired) electrons. The first-order valence-corrected chi connectivity index (χ1v) is 7.42. The van der Waals surface area contributed by atoms with Gasteiger partial charge in [0.1, 0.15) is 0 Å². The second kappa shape index (κ2) is 5.39. The van der Waals surface area contributed by atoms with Gasteiger partial charge >= 0.3 is 0 Å². The average Bonchev–Trinajstić information content (AvgIpc) is 2.46. The van der Waals surface area contributed by atoms with E-state index in [1.165, 1.54) is 11.3 Å². The van der Waals surface area contributed by atoms with Gasteiger partial charge < -0.3 is 5.32 Å². The third-order valence-electron chi connectivity index (χ3n) is 3.44. The van der Waals surface area contributed by atoms with E-state index in [4.69, 9.17) is 9.97 Å². The van der Waals surface area contributed by atoms with Crippen molar-refractivity contribution in [2.75, 3.05) is 6.54 Å². The third-order valence-corrected chi connectivity index (χ3v) is 3.93. The fraction of sp³-hybridized carbons (Fsp3) is 0.333. The highest BCUT2D eigenvalue weighted by Gasteiger charge is 2.17. The van der Waals surface area contributed by atoms with Gasteiger partial charge in [-0.25, -0.2) is 9.97 Å². The highest BCUT2D eigenvalue weighted by atomic mass is 79.9. The Morgan fingerprint density at radius 2 is 2.21 bits per heavy atom. The van der Waals surface area contributed by atoms with E-state index in [2.05, 4.69) is 40.3 Å². The summed E-state index contributed by atoms with van der Waals surface area (Å²) in [6.07, 6.45) is 2.00. The van der Waals surface area contributed by atoms with Gasteiger partial charge in [0.2, 0.25) is 0 Å². The molecule has 1 aromatic carbocycles. The van der Waals surface area contributed by atoms with Crippen LogP contribution in [0.4, 0.5) is 0 Å². The van der Waals surface area contributed by atoms with Gasteiger partial charge in [0.25, 0.3) is 0 Å². The molecular weight excluding hydrogens is 302 g/mol. The number of halogens is 1. The molecule has 1 aliphatic rings. The number of hydrogen-bond acceptors (Lipinski definition) is 3. The molecule has 19 heavy (non-hydrogen) atoms. The number of nitrogens with one attached hydrogen (secondary N) is 1. The van der Waals surface area contributed by atoms with Crippen LogP contribution in [0.1, 0.15) is 23.9 Å². The van der Waals surface area contributed by atoms with E-state index in [1.54, 1.807) is 0 Å². The van der Waals surface area contributed by atoms with Gasteiger partial charge in [-0.1, -0.05) is 35.0 Å². The number of aromatic nitrogens is 2. The second-order valence-corrected chi connectivity index (χ2v) is 5.63. The van der Waals surface area contributed by atoms with Crippen LogP contribution in [0.2, 0.25) is 0 Å². The van der Waals surface area contributed by atoms with E-state index < -0.39 is 0 Å². The zero-order chi connectivity index (χ0) is 13.2. The Morgan fingerprint density at radius 1 is 1.32 bits per heavy atom. The molecule has 3 nitrogen and oxygen atoms in total. The van der Waals surface area contributed by atoms with Crippen LogP contribution in [0.25, 0.3) is 11.4 Å². The summed E-state index contributed by atoms with van der Waals surface area (Å²) in [7, 11) is 0. The summed E-state index contributed by atoms with van der Waals surface area (Å²) in [5.41, 5.74) is 4.77. The first-order valence-electron chi connectivity index (χ1n) is 6.63. The van der Waals surface area contributed by atoms with Crippen molar-refractivity contribution < 1.29 is 0 Å². The molecule has 0 amide bonds. The molecule has 2 aromatic rings. The first kappa shape index (κ1) is 12.8.